The van der Waals surface area contributed by atoms with Crippen LogP contribution in [0.15, 0.2) is 17.4 Å². The number of aromatic nitrogens is 8. The molecule has 4 N–H and O–H groups in total. The Labute approximate surface area is 275 Å². The molecule has 0 aliphatic rings. The molecule has 0 unspecified atom stereocenters. The number of H-pyrrole nitrogens is 4. The lowest BCUT2D eigenvalue weighted by molar-refractivity contribution is 0.894. The van der Waals surface area contributed by atoms with Gasteiger partial charge in [0, 0.05) is 11.5 Å². The molecule has 0 atom stereocenters. The zero-order valence-corrected chi connectivity index (χ0v) is 30.7. The van der Waals surface area contributed by atoms with Gasteiger partial charge in [-0.2, -0.15) is 20.4 Å². The van der Waals surface area contributed by atoms with Crippen LogP contribution in [0.2, 0.25) is 0 Å². The van der Waals surface area contributed by atoms with E-state index >= 15 is 0 Å². The van der Waals surface area contributed by atoms with Crippen LogP contribution in [-0.2, 0) is 0 Å². The third-order valence-corrected chi connectivity index (χ3v) is 12.2. The Morgan fingerprint density at radius 2 is 0.974 bits per heavy atom. The molecule has 0 fully saturated rings. The van der Waals surface area contributed by atoms with Gasteiger partial charge in [-0.05, 0) is 73.7 Å². The van der Waals surface area contributed by atoms with Crippen LogP contribution in [0.3, 0.4) is 0 Å². The smallest absolute Gasteiger partial charge is 0.177 e. The molecular weight excluding hydrogens is 713 g/mol. The SMILES string of the molecule is CCCCSc1n[nH]c(=S)s1.CCCSc1n[nH]c(=S)s1.CCSc1n[nH]c(=S)s1.CSc1n[nH]c(=S)s1. The molecule has 20 heteroatoms. The van der Waals surface area contributed by atoms with Crippen LogP contribution in [0.25, 0.3) is 0 Å². The average Bonchev–Trinajstić information content (AvgIpc) is 3.70. The van der Waals surface area contributed by atoms with Gasteiger partial charge in [0.05, 0.1) is 0 Å². The first-order chi connectivity index (χ1) is 18.3. The summed E-state index contributed by atoms with van der Waals surface area (Å²) in [5.74, 6) is 3.32. The van der Waals surface area contributed by atoms with E-state index in [-0.39, 0.29) is 0 Å². The largest absolute Gasteiger partial charge is 0.257 e. The summed E-state index contributed by atoms with van der Waals surface area (Å²) in [4.78, 5) is 0. The Morgan fingerprint density at radius 3 is 1.26 bits per heavy atom. The van der Waals surface area contributed by atoms with Crippen LogP contribution in [0.4, 0.5) is 0 Å². The predicted octanol–water partition coefficient (Wildman–Crippen LogP) is 10.0. The van der Waals surface area contributed by atoms with Crippen molar-refractivity contribution < 1.29 is 0 Å². The van der Waals surface area contributed by atoms with Crippen molar-refractivity contribution in [2.75, 3.05) is 23.5 Å². The van der Waals surface area contributed by atoms with Crippen molar-refractivity contribution in [3.05, 3.63) is 15.8 Å². The summed E-state index contributed by atoms with van der Waals surface area (Å²) in [5, 5.41) is 26.8. The summed E-state index contributed by atoms with van der Waals surface area (Å²) < 4.78 is 7.16. The summed E-state index contributed by atoms with van der Waals surface area (Å²) in [6.45, 7) is 6.43. The van der Waals surface area contributed by atoms with Gasteiger partial charge in [-0.25, -0.2) is 0 Å². The summed E-state index contributed by atoms with van der Waals surface area (Å²) in [5.41, 5.74) is 0. The highest BCUT2D eigenvalue weighted by atomic mass is 32.2. The summed E-state index contributed by atoms with van der Waals surface area (Å²) in [7, 11) is 0. The average molecular weight is 741 g/mol. The van der Waals surface area contributed by atoms with Gasteiger partial charge in [0.1, 0.15) is 0 Å². The molecule has 4 rings (SSSR count). The van der Waals surface area contributed by atoms with E-state index in [1.54, 1.807) is 58.4 Å². The topological polar surface area (TPSA) is 115 Å². The lowest BCUT2D eigenvalue weighted by Crippen LogP contribution is -1.76. The van der Waals surface area contributed by atoms with E-state index in [0.717, 1.165) is 50.4 Å². The minimum Gasteiger partial charge on any atom is -0.257 e. The number of thioether (sulfide) groups is 4. The Kier molecular flexibility index (Phi) is 22.2. The first-order valence-corrected chi connectivity index (χ1v) is 20.0. The third kappa shape index (κ3) is 18.1. The number of rotatable bonds is 10. The maximum Gasteiger partial charge on any atom is 0.177 e. The van der Waals surface area contributed by atoms with Crippen LogP contribution < -0.4 is 0 Å². The molecule has 0 amide bonds. The second kappa shape index (κ2) is 23.1. The number of aromatic amines is 4. The number of hydrogen-bond donors (Lipinski definition) is 4. The highest BCUT2D eigenvalue weighted by Crippen LogP contribution is 2.22. The molecule has 0 bridgehead atoms. The van der Waals surface area contributed by atoms with Crippen molar-refractivity contribution in [3.63, 3.8) is 0 Å². The number of hydrogen-bond acceptors (Lipinski definition) is 16. The van der Waals surface area contributed by atoms with Crippen LogP contribution >= 0.6 is 141 Å². The van der Waals surface area contributed by atoms with Gasteiger partial charge in [-0.1, -0.05) is 120 Å². The third-order valence-electron chi connectivity index (χ3n) is 3.27. The Hall–Kier alpha value is 0.520. The lowest BCUT2D eigenvalue weighted by atomic mass is 10.4. The van der Waals surface area contributed by atoms with Gasteiger partial charge in [0.2, 0.25) is 0 Å². The van der Waals surface area contributed by atoms with Gasteiger partial charge in [0.15, 0.2) is 33.2 Å². The minimum absolute atomic E-state index is 0.745. The summed E-state index contributed by atoms with van der Waals surface area (Å²) in [6, 6.07) is 0. The number of nitrogens with one attached hydrogen (secondary N) is 4. The van der Waals surface area contributed by atoms with Crippen molar-refractivity contribution in [2.45, 2.75) is 57.4 Å². The van der Waals surface area contributed by atoms with E-state index in [0.29, 0.717) is 0 Å². The molecule has 4 heterocycles. The molecule has 0 radical (unpaired) electrons. The van der Waals surface area contributed by atoms with Crippen molar-refractivity contribution in [2.24, 2.45) is 0 Å². The lowest BCUT2D eigenvalue weighted by Gasteiger charge is -1.91. The molecule has 0 saturated carbocycles. The van der Waals surface area contributed by atoms with Crippen molar-refractivity contribution in [1.29, 1.82) is 0 Å². The van der Waals surface area contributed by atoms with Gasteiger partial charge >= 0.3 is 0 Å². The highest BCUT2D eigenvalue weighted by molar-refractivity contribution is 8.01. The first kappa shape index (κ1) is 36.5. The second-order valence-corrected chi connectivity index (χ2v) is 18.1. The fourth-order valence-electron chi connectivity index (χ4n) is 1.75. The molecule has 0 aromatic carbocycles. The molecule has 4 aromatic rings. The molecule has 8 nitrogen and oxygen atoms in total. The molecule has 0 saturated heterocycles. The maximum atomic E-state index is 4.90. The quantitative estimate of drug-likeness (QED) is 0.0705. The van der Waals surface area contributed by atoms with E-state index in [1.807, 2.05) is 6.26 Å². The second-order valence-electron chi connectivity index (χ2n) is 6.20. The fourth-order valence-corrected chi connectivity index (χ4v) is 9.48. The maximum absolute atomic E-state index is 4.90. The van der Waals surface area contributed by atoms with Crippen molar-refractivity contribution in [3.8, 4) is 0 Å². The number of unbranched alkanes of at least 4 members (excludes halogenated alkanes) is 1. The monoisotopic (exact) mass is 740 g/mol. The van der Waals surface area contributed by atoms with Crippen LogP contribution in [0.5, 0.6) is 0 Å². The first-order valence-electron chi connectivity index (χ1n) is 11.0. The van der Waals surface area contributed by atoms with Crippen LogP contribution in [0.1, 0.15) is 40.0 Å². The van der Waals surface area contributed by atoms with Crippen LogP contribution in [-0.4, -0.2) is 64.3 Å². The van der Waals surface area contributed by atoms with Crippen molar-refractivity contribution in [1.82, 2.24) is 40.8 Å². The molecule has 0 spiro atoms. The van der Waals surface area contributed by atoms with Gasteiger partial charge in [-0.15, -0.1) is 0 Å². The van der Waals surface area contributed by atoms with E-state index in [2.05, 4.69) is 61.6 Å². The van der Waals surface area contributed by atoms with Gasteiger partial charge < -0.3 is 0 Å². The summed E-state index contributed by atoms with van der Waals surface area (Å²) >= 11 is 32.3. The predicted molar refractivity (Wildman–Crippen MR) is 184 cm³/mol. The molecule has 0 aliphatic carbocycles. The van der Waals surface area contributed by atoms with E-state index < -0.39 is 0 Å². The molecule has 4 aromatic heterocycles. The van der Waals surface area contributed by atoms with E-state index in [1.165, 1.54) is 53.3 Å². The Balaban J connectivity index is 0.000000255. The Bertz CT molecular complexity index is 1340. The Morgan fingerprint density at radius 1 is 0.579 bits per heavy atom. The molecule has 212 valence electrons. The molecule has 0 aliphatic heterocycles. The molecular formula is C18H28N8S12. The normalized spacial score (nSPS) is 10.0. The van der Waals surface area contributed by atoms with E-state index in [9.17, 15) is 0 Å². The highest BCUT2D eigenvalue weighted by Gasteiger charge is 1.97. The zero-order valence-electron chi connectivity index (χ0n) is 20.9. The van der Waals surface area contributed by atoms with Gasteiger partial charge in [0.25, 0.3) is 0 Å². The van der Waals surface area contributed by atoms with Crippen molar-refractivity contribution >= 4 is 141 Å². The summed E-state index contributed by atoms with van der Waals surface area (Å²) in [6.07, 6.45) is 5.64. The zero-order chi connectivity index (χ0) is 28.2. The van der Waals surface area contributed by atoms with Crippen LogP contribution in [0, 0.1) is 15.8 Å². The fraction of sp³-hybridized carbons (Fsp3) is 0.556. The standard InChI is InChI=1S/C6H10N2S3.C5H8N2S3.C4H6N2S3.C3H4N2S3/c1-2-3-4-10-6-8-7-5(9)11-6;1-2-3-9-5-7-6-4(8)10-5;1-2-8-4-6-5-3(7)9-4;1-7-3-5-4-2(6)8-3/h2-4H2,1H3,(H,7,9);2-3H2,1H3,(H,6,8);2H2,1H3,(H,5,7);1H3,(H,4,6). The minimum atomic E-state index is 0.745. The molecule has 38 heavy (non-hydrogen) atoms. The number of nitrogens with zero attached hydrogens (tertiary/aromatic N) is 4. The van der Waals surface area contributed by atoms with Gasteiger partial charge in [-0.3, -0.25) is 20.4 Å². The van der Waals surface area contributed by atoms with E-state index in [4.69, 9.17) is 48.9 Å².